The van der Waals surface area contributed by atoms with Crippen LogP contribution in [0, 0.1) is 5.92 Å². The third-order valence-electron chi connectivity index (χ3n) is 3.33. The molecule has 0 aliphatic carbocycles. The normalized spacial score (nSPS) is 27.9. The highest BCUT2D eigenvalue weighted by Crippen LogP contribution is 2.17. The minimum absolute atomic E-state index is 0.0676. The highest BCUT2D eigenvalue weighted by Gasteiger charge is 2.23. The van der Waals surface area contributed by atoms with Crippen LogP contribution in [-0.4, -0.2) is 35.7 Å². The van der Waals surface area contributed by atoms with Crippen molar-refractivity contribution in [3.63, 3.8) is 0 Å². The Morgan fingerprint density at radius 2 is 2.20 bits per heavy atom. The fraction of sp³-hybridized carbons (Fsp3) is 0.846. The minimum atomic E-state index is -0.0676. The van der Waals surface area contributed by atoms with E-state index in [1.54, 1.807) is 0 Å². The predicted octanol–water partition coefficient (Wildman–Crippen LogP) is 2.44. The molecule has 0 aromatic heterocycles. The van der Waals surface area contributed by atoms with Crippen LogP contribution in [0.4, 0.5) is 0 Å². The molecule has 2 nitrogen and oxygen atoms in total. The summed E-state index contributed by atoms with van der Waals surface area (Å²) in [5.74, 6) is 0.451. The number of allylic oxidation sites excluding steroid dienone is 1. The van der Waals surface area contributed by atoms with Crippen LogP contribution in [0.3, 0.4) is 0 Å². The van der Waals surface area contributed by atoms with E-state index in [1.165, 1.54) is 25.8 Å². The van der Waals surface area contributed by atoms with Crippen molar-refractivity contribution in [3.05, 3.63) is 12.7 Å². The first-order valence-corrected chi connectivity index (χ1v) is 6.25. The van der Waals surface area contributed by atoms with E-state index in [4.69, 9.17) is 0 Å². The Kier molecular flexibility index (Phi) is 5.96. The van der Waals surface area contributed by atoms with Crippen LogP contribution >= 0.6 is 0 Å². The maximum atomic E-state index is 9.60. The molecule has 2 atom stereocenters. The van der Waals surface area contributed by atoms with Crippen molar-refractivity contribution in [2.24, 2.45) is 5.92 Å². The molecule has 0 saturated carbocycles. The zero-order valence-electron chi connectivity index (χ0n) is 9.99. The van der Waals surface area contributed by atoms with Gasteiger partial charge in [-0.25, -0.2) is 0 Å². The zero-order chi connectivity index (χ0) is 11.1. The van der Waals surface area contributed by atoms with Gasteiger partial charge in [0, 0.05) is 13.1 Å². The van der Waals surface area contributed by atoms with Gasteiger partial charge in [0.25, 0.3) is 0 Å². The van der Waals surface area contributed by atoms with Gasteiger partial charge in [0.1, 0.15) is 0 Å². The number of rotatable bonds is 6. The van der Waals surface area contributed by atoms with Gasteiger partial charge in [0.2, 0.25) is 0 Å². The maximum absolute atomic E-state index is 9.60. The number of hydrogen-bond donors (Lipinski definition) is 1. The summed E-state index contributed by atoms with van der Waals surface area (Å²) in [6.07, 6.45) is 7.90. The molecule has 15 heavy (non-hydrogen) atoms. The van der Waals surface area contributed by atoms with Gasteiger partial charge in [-0.15, -0.1) is 6.58 Å². The molecule has 1 saturated heterocycles. The highest BCUT2D eigenvalue weighted by atomic mass is 16.3. The van der Waals surface area contributed by atoms with Crippen molar-refractivity contribution in [2.75, 3.05) is 19.6 Å². The van der Waals surface area contributed by atoms with Crippen molar-refractivity contribution < 1.29 is 5.11 Å². The molecule has 0 radical (unpaired) electrons. The van der Waals surface area contributed by atoms with Crippen molar-refractivity contribution in [2.45, 2.75) is 45.1 Å². The van der Waals surface area contributed by atoms with E-state index in [0.29, 0.717) is 5.92 Å². The zero-order valence-corrected chi connectivity index (χ0v) is 9.99. The molecule has 2 heteroatoms. The smallest absolute Gasteiger partial charge is 0.0590 e. The van der Waals surface area contributed by atoms with Gasteiger partial charge in [-0.1, -0.05) is 19.4 Å². The fourth-order valence-corrected chi connectivity index (χ4v) is 2.22. The monoisotopic (exact) mass is 211 g/mol. The summed E-state index contributed by atoms with van der Waals surface area (Å²) < 4.78 is 0. The summed E-state index contributed by atoms with van der Waals surface area (Å²) >= 11 is 0. The average molecular weight is 211 g/mol. The quantitative estimate of drug-likeness (QED) is 0.539. The molecule has 1 aliphatic rings. The third-order valence-corrected chi connectivity index (χ3v) is 3.33. The first kappa shape index (κ1) is 12.7. The number of aliphatic hydroxyl groups excluding tert-OH is 1. The second kappa shape index (κ2) is 7.02. The Morgan fingerprint density at radius 3 is 2.87 bits per heavy atom. The highest BCUT2D eigenvalue weighted by molar-refractivity contribution is 4.77. The molecule has 1 fully saturated rings. The Bertz CT molecular complexity index is 181. The van der Waals surface area contributed by atoms with Crippen LogP contribution < -0.4 is 0 Å². The van der Waals surface area contributed by atoms with E-state index in [0.717, 1.165) is 25.9 Å². The number of nitrogens with zero attached hydrogens (tertiary/aromatic N) is 1. The van der Waals surface area contributed by atoms with Gasteiger partial charge in [0.15, 0.2) is 0 Å². The topological polar surface area (TPSA) is 23.5 Å². The Morgan fingerprint density at radius 1 is 1.40 bits per heavy atom. The van der Waals surface area contributed by atoms with Gasteiger partial charge in [-0.2, -0.15) is 0 Å². The molecule has 88 valence electrons. The van der Waals surface area contributed by atoms with Gasteiger partial charge in [0.05, 0.1) is 6.10 Å². The number of hydrogen-bond acceptors (Lipinski definition) is 2. The van der Waals surface area contributed by atoms with Crippen LogP contribution in [-0.2, 0) is 0 Å². The molecule has 0 amide bonds. The predicted molar refractivity (Wildman–Crippen MR) is 64.9 cm³/mol. The minimum Gasteiger partial charge on any atom is -0.393 e. The first-order valence-electron chi connectivity index (χ1n) is 6.25. The standard InChI is InChI=1S/C13H25NO/c1-3-4-5-6-7-9-14-10-8-13(15)12(2)11-14/h3,12-13,15H,1,4-11H2,2H3/t12-,13-/m0/s1. The number of unbranched alkanes of at least 4 members (excludes halogenated alkanes) is 3. The average Bonchev–Trinajstić information content (AvgIpc) is 2.23. The second-order valence-corrected chi connectivity index (χ2v) is 4.77. The fourth-order valence-electron chi connectivity index (χ4n) is 2.22. The molecule has 0 unspecified atom stereocenters. The van der Waals surface area contributed by atoms with E-state index in [1.807, 2.05) is 6.08 Å². The van der Waals surface area contributed by atoms with Crippen molar-refractivity contribution in [1.29, 1.82) is 0 Å². The van der Waals surface area contributed by atoms with E-state index in [9.17, 15) is 5.11 Å². The molecular weight excluding hydrogens is 186 g/mol. The van der Waals surface area contributed by atoms with Gasteiger partial charge >= 0.3 is 0 Å². The maximum Gasteiger partial charge on any atom is 0.0590 e. The van der Waals surface area contributed by atoms with Crippen molar-refractivity contribution >= 4 is 0 Å². The number of likely N-dealkylation sites (tertiary alicyclic amines) is 1. The van der Waals surface area contributed by atoms with E-state index in [-0.39, 0.29) is 6.10 Å². The van der Waals surface area contributed by atoms with Crippen LogP contribution in [0.15, 0.2) is 12.7 Å². The molecule has 1 heterocycles. The van der Waals surface area contributed by atoms with Gasteiger partial charge in [-0.05, 0) is 38.1 Å². The number of piperidine rings is 1. The van der Waals surface area contributed by atoms with E-state index < -0.39 is 0 Å². The summed E-state index contributed by atoms with van der Waals surface area (Å²) in [6.45, 7) is 9.23. The van der Waals surface area contributed by atoms with E-state index >= 15 is 0 Å². The lowest BCUT2D eigenvalue weighted by molar-refractivity contribution is 0.0345. The lowest BCUT2D eigenvalue weighted by Gasteiger charge is -2.34. The summed E-state index contributed by atoms with van der Waals surface area (Å²) in [7, 11) is 0. The largest absolute Gasteiger partial charge is 0.393 e. The van der Waals surface area contributed by atoms with Gasteiger partial charge < -0.3 is 10.0 Å². The molecular formula is C13H25NO. The molecule has 0 aromatic carbocycles. The van der Waals surface area contributed by atoms with Crippen LogP contribution in [0.5, 0.6) is 0 Å². The number of aliphatic hydroxyl groups is 1. The third kappa shape index (κ3) is 4.80. The Labute approximate surface area is 94.0 Å². The summed E-state index contributed by atoms with van der Waals surface area (Å²) in [6, 6.07) is 0. The van der Waals surface area contributed by atoms with Gasteiger partial charge in [-0.3, -0.25) is 0 Å². The Balaban J connectivity index is 2.04. The van der Waals surface area contributed by atoms with Crippen LogP contribution in [0.1, 0.15) is 39.0 Å². The lowest BCUT2D eigenvalue weighted by atomic mass is 9.96. The van der Waals surface area contributed by atoms with E-state index in [2.05, 4.69) is 18.4 Å². The Hall–Kier alpha value is -0.340. The van der Waals surface area contributed by atoms with Crippen LogP contribution in [0.25, 0.3) is 0 Å². The molecule has 0 aromatic rings. The second-order valence-electron chi connectivity index (χ2n) is 4.77. The lowest BCUT2D eigenvalue weighted by Crippen LogP contribution is -2.42. The van der Waals surface area contributed by atoms with Crippen LogP contribution in [0.2, 0.25) is 0 Å². The molecule has 1 aliphatic heterocycles. The summed E-state index contributed by atoms with van der Waals surface area (Å²) in [4.78, 5) is 2.49. The van der Waals surface area contributed by atoms with Crippen molar-refractivity contribution in [1.82, 2.24) is 4.90 Å². The molecule has 1 rings (SSSR count). The first-order chi connectivity index (χ1) is 7.24. The summed E-state index contributed by atoms with van der Waals surface area (Å²) in [5, 5.41) is 9.60. The molecule has 0 bridgehead atoms. The molecule has 0 spiro atoms. The summed E-state index contributed by atoms with van der Waals surface area (Å²) in [5.41, 5.74) is 0. The SMILES string of the molecule is C=CCCCCCN1CC[C@H](O)[C@@H](C)C1. The van der Waals surface area contributed by atoms with Crippen molar-refractivity contribution in [3.8, 4) is 0 Å². The molecule has 1 N–H and O–H groups in total.